The summed E-state index contributed by atoms with van der Waals surface area (Å²) in [4.78, 5) is 2.46. The molecule has 1 saturated heterocycles. The number of likely N-dealkylation sites (tertiary alicyclic amines) is 1. The average molecular weight is 324 g/mol. The smallest absolute Gasteiger partial charge is 0.215 e. The van der Waals surface area contributed by atoms with Gasteiger partial charge < -0.3 is 4.90 Å². The van der Waals surface area contributed by atoms with E-state index in [1.165, 1.54) is 6.42 Å². The molecule has 4 nitrogen and oxygen atoms in total. The predicted molar refractivity (Wildman–Crippen MR) is 91.1 cm³/mol. The van der Waals surface area contributed by atoms with Crippen LogP contribution in [-0.4, -0.2) is 39.5 Å². The van der Waals surface area contributed by atoms with E-state index in [2.05, 4.69) is 23.5 Å². The Morgan fingerprint density at radius 2 is 1.77 bits per heavy atom. The highest BCUT2D eigenvalue weighted by molar-refractivity contribution is 7.88. The molecule has 1 aliphatic rings. The minimum absolute atomic E-state index is 0.0611. The molecular weight excluding hydrogens is 296 g/mol. The maximum Gasteiger partial charge on any atom is 0.215 e. The van der Waals surface area contributed by atoms with Gasteiger partial charge in [-0.05, 0) is 36.8 Å². The fraction of sp³-hybridized carbons (Fsp3) is 0.647. The zero-order chi connectivity index (χ0) is 16.0. The van der Waals surface area contributed by atoms with Crippen LogP contribution in [0.1, 0.15) is 32.3 Å². The molecule has 0 aliphatic carbocycles. The number of hydrogen-bond donors (Lipinski definition) is 1. The van der Waals surface area contributed by atoms with Crippen molar-refractivity contribution in [1.82, 2.24) is 9.62 Å². The first-order valence-corrected chi connectivity index (χ1v) is 9.83. The van der Waals surface area contributed by atoms with Gasteiger partial charge in [-0.15, -0.1) is 0 Å². The van der Waals surface area contributed by atoms with Crippen LogP contribution in [0.2, 0.25) is 0 Å². The summed E-state index contributed by atoms with van der Waals surface area (Å²) in [5.74, 6) is 1.56. The summed E-state index contributed by atoms with van der Waals surface area (Å²) in [6, 6.07) is 9.31. The molecule has 124 valence electrons. The molecule has 5 heteroatoms. The molecule has 0 saturated carbocycles. The Bertz CT molecular complexity index is 535. The van der Waals surface area contributed by atoms with Gasteiger partial charge in [0.2, 0.25) is 10.0 Å². The lowest BCUT2D eigenvalue weighted by atomic mass is 9.92. The van der Waals surface area contributed by atoms with Crippen molar-refractivity contribution < 1.29 is 8.42 Å². The summed E-state index contributed by atoms with van der Waals surface area (Å²) in [5.41, 5.74) is 0.827. The van der Waals surface area contributed by atoms with Crippen molar-refractivity contribution in [3.8, 4) is 0 Å². The van der Waals surface area contributed by atoms with Crippen LogP contribution in [0.15, 0.2) is 30.3 Å². The highest BCUT2D eigenvalue weighted by atomic mass is 32.2. The van der Waals surface area contributed by atoms with E-state index in [0.29, 0.717) is 6.54 Å². The van der Waals surface area contributed by atoms with Crippen molar-refractivity contribution in [2.45, 2.75) is 32.4 Å². The Balaban J connectivity index is 1.69. The minimum atomic E-state index is -3.23. The fourth-order valence-electron chi connectivity index (χ4n) is 3.35. The van der Waals surface area contributed by atoms with E-state index < -0.39 is 10.0 Å². The van der Waals surface area contributed by atoms with Crippen molar-refractivity contribution in [1.29, 1.82) is 0 Å². The lowest BCUT2D eigenvalue weighted by molar-refractivity contribution is 0.140. The molecule has 1 aromatic carbocycles. The average Bonchev–Trinajstić information content (AvgIpc) is 2.43. The number of hydrogen-bond acceptors (Lipinski definition) is 3. The summed E-state index contributed by atoms with van der Waals surface area (Å²) in [6.07, 6.45) is 2.17. The molecule has 1 N–H and O–H groups in total. The van der Waals surface area contributed by atoms with Gasteiger partial charge in [0, 0.05) is 19.6 Å². The molecule has 22 heavy (non-hydrogen) atoms. The molecule has 1 fully saturated rings. The SMILES string of the molecule is C[C@H]1C[C@H](C)CN(CCCNS(=O)(=O)Cc2ccccc2)C1. The van der Waals surface area contributed by atoms with Crippen LogP contribution in [0.5, 0.6) is 0 Å². The third-order valence-corrected chi connectivity index (χ3v) is 5.47. The van der Waals surface area contributed by atoms with Gasteiger partial charge >= 0.3 is 0 Å². The Hall–Kier alpha value is -0.910. The third kappa shape index (κ3) is 6.07. The molecule has 1 aliphatic heterocycles. The van der Waals surface area contributed by atoms with Crippen LogP contribution in [-0.2, 0) is 15.8 Å². The third-order valence-electron chi connectivity index (χ3n) is 4.12. The van der Waals surface area contributed by atoms with Gasteiger partial charge in [-0.3, -0.25) is 0 Å². The Kier molecular flexibility index (Phi) is 6.41. The zero-order valence-electron chi connectivity index (χ0n) is 13.7. The largest absolute Gasteiger partial charge is 0.303 e. The molecule has 0 amide bonds. The molecule has 0 unspecified atom stereocenters. The van der Waals surface area contributed by atoms with Crippen molar-refractivity contribution in [3.05, 3.63) is 35.9 Å². The van der Waals surface area contributed by atoms with Crippen molar-refractivity contribution in [2.24, 2.45) is 11.8 Å². The fourth-order valence-corrected chi connectivity index (χ4v) is 4.54. The van der Waals surface area contributed by atoms with Gasteiger partial charge in [-0.2, -0.15) is 0 Å². The van der Waals surface area contributed by atoms with E-state index in [0.717, 1.165) is 43.5 Å². The van der Waals surface area contributed by atoms with E-state index in [1.54, 1.807) is 0 Å². The predicted octanol–water partition coefficient (Wildman–Crippen LogP) is 2.47. The van der Waals surface area contributed by atoms with Crippen LogP contribution in [0.3, 0.4) is 0 Å². The van der Waals surface area contributed by atoms with Crippen LogP contribution in [0, 0.1) is 11.8 Å². The van der Waals surface area contributed by atoms with Gasteiger partial charge in [0.25, 0.3) is 0 Å². The van der Waals surface area contributed by atoms with Gasteiger partial charge in [0.1, 0.15) is 0 Å². The molecule has 0 aromatic heterocycles. The van der Waals surface area contributed by atoms with E-state index in [9.17, 15) is 8.42 Å². The molecule has 1 aromatic rings. The van der Waals surface area contributed by atoms with E-state index >= 15 is 0 Å². The minimum Gasteiger partial charge on any atom is -0.303 e. The second kappa shape index (κ2) is 8.09. The normalized spacial score (nSPS) is 23.5. The van der Waals surface area contributed by atoms with Crippen molar-refractivity contribution >= 4 is 10.0 Å². The lowest BCUT2D eigenvalue weighted by Crippen LogP contribution is -2.40. The quantitative estimate of drug-likeness (QED) is 0.784. The molecular formula is C17H28N2O2S. The number of nitrogens with one attached hydrogen (secondary N) is 1. The first-order chi connectivity index (χ1) is 10.4. The first kappa shape index (κ1) is 17.4. The summed E-state index contributed by atoms with van der Waals surface area (Å²) in [6.45, 7) is 8.37. The highest BCUT2D eigenvalue weighted by Crippen LogP contribution is 2.20. The topological polar surface area (TPSA) is 49.4 Å². The number of nitrogens with zero attached hydrogens (tertiary/aromatic N) is 1. The van der Waals surface area contributed by atoms with Crippen molar-refractivity contribution in [3.63, 3.8) is 0 Å². The number of sulfonamides is 1. The second-order valence-corrected chi connectivity index (χ2v) is 8.51. The van der Waals surface area contributed by atoms with Crippen molar-refractivity contribution in [2.75, 3.05) is 26.2 Å². The highest BCUT2D eigenvalue weighted by Gasteiger charge is 2.21. The molecule has 2 rings (SSSR count). The van der Waals surface area contributed by atoms with E-state index in [1.807, 2.05) is 30.3 Å². The molecule has 0 spiro atoms. The molecule has 2 atom stereocenters. The summed E-state index contributed by atoms with van der Waals surface area (Å²) >= 11 is 0. The first-order valence-electron chi connectivity index (χ1n) is 8.18. The van der Waals surface area contributed by atoms with Crippen LogP contribution < -0.4 is 4.72 Å². The van der Waals surface area contributed by atoms with Gasteiger partial charge in [0.05, 0.1) is 5.75 Å². The summed E-state index contributed by atoms with van der Waals surface area (Å²) < 4.78 is 26.8. The number of benzene rings is 1. The maximum atomic E-state index is 12.0. The number of rotatable bonds is 7. The maximum absolute atomic E-state index is 12.0. The molecule has 0 bridgehead atoms. The summed E-state index contributed by atoms with van der Waals surface area (Å²) in [5, 5.41) is 0. The monoisotopic (exact) mass is 324 g/mol. The van der Waals surface area contributed by atoms with Gasteiger partial charge in [-0.1, -0.05) is 44.2 Å². The van der Waals surface area contributed by atoms with E-state index in [-0.39, 0.29) is 5.75 Å². The van der Waals surface area contributed by atoms with Gasteiger partial charge in [-0.25, -0.2) is 13.1 Å². The van der Waals surface area contributed by atoms with Crippen LogP contribution in [0.25, 0.3) is 0 Å². The number of piperidine rings is 1. The Morgan fingerprint density at radius 3 is 2.41 bits per heavy atom. The van der Waals surface area contributed by atoms with E-state index in [4.69, 9.17) is 0 Å². The molecule has 0 radical (unpaired) electrons. The molecule has 1 heterocycles. The summed E-state index contributed by atoms with van der Waals surface area (Å²) in [7, 11) is -3.23. The Labute approximate surface area is 135 Å². The Morgan fingerprint density at radius 1 is 1.14 bits per heavy atom. The van der Waals surface area contributed by atoms with Crippen LogP contribution in [0.4, 0.5) is 0 Å². The zero-order valence-corrected chi connectivity index (χ0v) is 14.5. The van der Waals surface area contributed by atoms with Gasteiger partial charge in [0.15, 0.2) is 0 Å². The second-order valence-electron chi connectivity index (χ2n) is 6.70. The van der Waals surface area contributed by atoms with Crippen LogP contribution >= 0.6 is 0 Å². The lowest BCUT2D eigenvalue weighted by Gasteiger charge is -2.34. The standard InChI is InChI=1S/C17H28N2O2S/c1-15-11-16(2)13-19(12-15)10-6-9-18-22(20,21)14-17-7-4-3-5-8-17/h3-5,7-8,15-16,18H,6,9-14H2,1-2H3/t15-,16-/m0/s1.